The van der Waals surface area contributed by atoms with Crippen LogP contribution in [0.25, 0.3) is 22.0 Å². The van der Waals surface area contributed by atoms with Gasteiger partial charge in [0.15, 0.2) is 5.82 Å². The van der Waals surface area contributed by atoms with Crippen LogP contribution in [0.15, 0.2) is 72.1 Å². The minimum atomic E-state index is -0.300. The Morgan fingerprint density at radius 3 is 2.69 bits per heavy atom. The van der Waals surface area contributed by atoms with Crippen LogP contribution in [0.5, 0.6) is 0 Å². The van der Waals surface area contributed by atoms with Crippen molar-refractivity contribution in [3.8, 4) is 11.1 Å². The molecule has 2 aromatic heterocycles. The predicted molar refractivity (Wildman–Crippen MR) is 102 cm³/mol. The quantitative estimate of drug-likeness (QED) is 0.440. The van der Waals surface area contributed by atoms with Crippen molar-refractivity contribution in [1.82, 2.24) is 20.0 Å². The van der Waals surface area contributed by atoms with Gasteiger partial charge in [-0.3, -0.25) is 4.79 Å². The molecule has 0 fully saturated rings. The molecule has 0 spiro atoms. The number of benzene rings is 2. The normalized spacial score (nSPS) is 11.3. The van der Waals surface area contributed by atoms with Crippen LogP contribution >= 0.6 is 0 Å². The largest absolute Gasteiger partial charge is 0.350 e. The molecule has 0 aliphatic heterocycles. The number of nitrogens with zero attached hydrogens (tertiary/aromatic N) is 3. The van der Waals surface area contributed by atoms with E-state index in [0.29, 0.717) is 11.5 Å². The van der Waals surface area contributed by atoms with Crippen LogP contribution in [0.3, 0.4) is 0 Å². The van der Waals surface area contributed by atoms with Crippen molar-refractivity contribution in [2.75, 3.05) is 0 Å². The minimum absolute atomic E-state index is 0.300. The number of carbonyl (C=O) groups excluding carboxylic acids is 1. The molecular weight excluding hydrogens is 326 g/mol. The molecule has 0 aliphatic carbocycles. The fourth-order valence-corrected chi connectivity index (χ4v) is 2.92. The molecular formula is C20H17N5O. The molecule has 4 aromatic rings. The number of hydrogen-bond acceptors (Lipinski definition) is 3. The zero-order chi connectivity index (χ0) is 17.9. The lowest BCUT2D eigenvalue weighted by molar-refractivity contribution is 0.0951. The third kappa shape index (κ3) is 2.88. The highest BCUT2D eigenvalue weighted by Gasteiger charge is 2.18. The molecule has 4 rings (SSSR count). The zero-order valence-corrected chi connectivity index (χ0v) is 14.2. The van der Waals surface area contributed by atoms with Crippen molar-refractivity contribution in [3.63, 3.8) is 0 Å². The van der Waals surface area contributed by atoms with Gasteiger partial charge in [-0.1, -0.05) is 48.5 Å². The number of aromatic nitrogens is 3. The second-order valence-corrected chi connectivity index (χ2v) is 5.88. The van der Waals surface area contributed by atoms with Crippen LogP contribution in [-0.2, 0) is 7.05 Å². The Hall–Kier alpha value is -3.67. The van der Waals surface area contributed by atoms with Crippen molar-refractivity contribution in [1.29, 1.82) is 0 Å². The summed E-state index contributed by atoms with van der Waals surface area (Å²) in [6.45, 7) is 0. The number of carbonyl (C=O) groups is 1. The number of rotatable bonds is 4. The van der Waals surface area contributed by atoms with E-state index >= 15 is 0 Å². The van der Waals surface area contributed by atoms with Crippen LogP contribution < -0.4 is 5.43 Å². The van der Waals surface area contributed by atoms with Gasteiger partial charge in [-0.2, -0.15) is 5.10 Å². The first-order valence-corrected chi connectivity index (χ1v) is 8.21. The van der Waals surface area contributed by atoms with E-state index in [0.717, 1.165) is 22.0 Å². The summed E-state index contributed by atoms with van der Waals surface area (Å²) < 4.78 is 1.81. The standard InChI is InChI=1S/C20H17N5O/c1-25-12-11-21-17(25)13-22-24-20(26)19-18(14-7-3-2-4-8-14)15-9-5-6-10-16(15)23-19/h2-13,23H,1H3,(H,24,26). The minimum Gasteiger partial charge on any atom is -0.350 e. The summed E-state index contributed by atoms with van der Waals surface area (Å²) in [6, 6.07) is 17.7. The molecule has 6 heteroatoms. The average molecular weight is 343 g/mol. The van der Waals surface area contributed by atoms with Crippen molar-refractivity contribution >= 4 is 23.0 Å². The molecule has 2 N–H and O–H groups in total. The highest BCUT2D eigenvalue weighted by atomic mass is 16.2. The first kappa shape index (κ1) is 15.8. The first-order valence-electron chi connectivity index (χ1n) is 8.21. The maximum atomic E-state index is 12.7. The van der Waals surface area contributed by atoms with Gasteiger partial charge < -0.3 is 9.55 Å². The molecule has 0 unspecified atom stereocenters. The fourth-order valence-electron chi connectivity index (χ4n) is 2.92. The summed E-state index contributed by atoms with van der Waals surface area (Å²) in [7, 11) is 1.86. The van der Waals surface area contributed by atoms with Gasteiger partial charge in [0.2, 0.25) is 0 Å². The molecule has 0 saturated heterocycles. The third-order valence-electron chi connectivity index (χ3n) is 4.20. The van der Waals surface area contributed by atoms with Gasteiger partial charge in [-0.15, -0.1) is 0 Å². The molecule has 0 bridgehead atoms. The van der Waals surface area contributed by atoms with Gasteiger partial charge in [0, 0.05) is 35.9 Å². The SMILES string of the molecule is Cn1ccnc1C=NNC(=O)c1[nH]c2ccccc2c1-c1ccccc1. The second-order valence-electron chi connectivity index (χ2n) is 5.88. The monoisotopic (exact) mass is 343 g/mol. The Bertz CT molecular complexity index is 1090. The van der Waals surface area contributed by atoms with Gasteiger partial charge in [0.05, 0.1) is 6.21 Å². The summed E-state index contributed by atoms with van der Waals surface area (Å²) in [4.78, 5) is 20.1. The lowest BCUT2D eigenvalue weighted by Gasteiger charge is -2.04. The van der Waals surface area contributed by atoms with Gasteiger partial charge in [-0.05, 0) is 11.6 Å². The molecule has 0 saturated carbocycles. The molecule has 1 amide bonds. The molecule has 2 heterocycles. The van der Waals surface area contributed by atoms with E-state index in [-0.39, 0.29) is 5.91 Å². The van der Waals surface area contributed by atoms with Crippen molar-refractivity contribution in [2.45, 2.75) is 0 Å². The molecule has 128 valence electrons. The van der Waals surface area contributed by atoms with Crippen LogP contribution in [0, 0.1) is 0 Å². The number of aromatic amines is 1. The van der Waals surface area contributed by atoms with Crippen molar-refractivity contribution < 1.29 is 4.79 Å². The maximum absolute atomic E-state index is 12.7. The van der Waals surface area contributed by atoms with Crippen LogP contribution in [0.4, 0.5) is 0 Å². The van der Waals surface area contributed by atoms with Crippen LogP contribution in [0.2, 0.25) is 0 Å². The van der Waals surface area contributed by atoms with Crippen molar-refractivity contribution in [2.24, 2.45) is 12.1 Å². The molecule has 6 nitrogen and oxygen atoms in total. The molecule has 2 aromatic carbocycles. The maximum Gasteiger partial charge on any atom is 0.288 e. The van der Waals surface area contributed by atoms with E-state index in [1.54, 1.807) is 6.20 Å². The van der Waals surface area contributed by atoms with Crippen LogP contribution in [-0.4, -0.2) is 26.7 Å². The topological polar surface area (TPSA) is 75.1 Å². The number of amides is 1. The number of para-hydroxylation sites is 1. The molecule has 0 radical (unpaired) electrons. The first-order chi connectivity index (χ1) is 12.7. The summed E-state index contributed by atoms with van der Waals surface area (Å²) >= 11 is 0. The van der Waals surface area contributed by atoms with E-state index in [2.05, 4.69) is 20.5 Å². The van der Waals surface area contributed by atoms with Crippen LogP contribution in [0.1, 0.15) is 16.3 Å². The number of fused-ring (bicyclic) bond motifs is 1. The Morgan fingerprint density at radius 1 is 1.15 bits per heavy atom. The zero-order valence-electron chi connectivity index (χ0n) is 14.2. The van der Waals surface area contributed by atoms with E-state index in [9.17, 15) is 4.79 Å². The Labute approximate surface area is 150 Å². The fraction of sp³-hybridized carbons (Fsp3) is 0.0500. The number of hydrogen-bond donors (Lipinski definition) is 2. The molecule has 26 heavy (non-hydrogen) atoms. The third-order valence-corrected chi connectivity index (χ3v) is 4.20. The highest BCUT2D eigenvalue weighted by Crippen LogP contribution is 2.32. The van der Waals surface area contributed by atoms with E-state index in [1.165, 1.54) is 6.21 Å². The second kappa shape index (κ2) is 6.68. The number of H-pyrrole nitrogens is 1. The Balaban J connectivity index is 1.70. The van der Waals surface area contributed by atoms with Gasteiger partial charge in [-0.25, -0.2) is 10.4 Å². The van der Waals surface area contributed by atoms with Crippen molar-refractivity contribution in [3.05, 3.63) is 78.5 Å². The molecule has 0 aliphatic rings. The van der Waals surface area contributed by atoms with E-state index in [1.807, 2.05) is 72.4 Å². The predicted octanol–water partition coefficient (Wildman–Crippen LogP) is 3.33. The van der Waals surface area contributed by atoms with Gasteiger partial charge >= 0.3 is 0 Å². The molecule has 0 atom stereocenters. The Morgan fingerprint density at radius 2 is 1.92 bits per heavy atom. The number of nitrogens with one attached hydrogen (secondary N) is 2. The van der Waals surface area contributed by atoms with E-state index in [4.69, 9.17) is 0 Å². The summed E-state index contributed by atoms with van der Waals surface area (Å²) in [5.74, 6) is 0.357. The average Bonchev–Trinajstić information content (AvgIpc) is 3.26. The van der Waals surface area contributed by atoms with Gasteiger partial charge in [0.1, 0.15) is 5.69 Å². The van der Waals surface area contributed by atoms with Gasteiger partial charge in [0.25, 0.3) is 5.91 Å². The van der Waals surface area contributed by atoms with E-state index < -0.39 is 0 Å². The smallest absolute Gasteiger partial charge is 0.288 e. The summed E-state index contributed by atoms with van der Waals surface area (Å²) in [5, 5.41) is 5.03. The highest BCUT2D eigenvalue weighted by molar-refractivity contribution is 6.09. The lowest BCUT2D eigenvalue weighted by Crippen LogP contribution is -2.19. The summed E-state index contributed by atoms with van der Waals surface area (Å²) in [6.07, 6.45) is 5.01. The number of hydrazone groups is 1. The Kier molecular flexibility index (Phi) is 4.07. The summed E-state index contributed by atoms with van der Waals surface area (Å²) in [5.41, 5.74) is 5.81. The number of imidazole rings is 1. The lowest BCUT2D eigenvalue weighted by atomic mass is 10.0. The number of aryl methyl sites for hydroxylation is 1.